The van der Waals surface area contributed by atoms with Gasteiger partial charge in [-0.3, -0.25) is 9.36 Å². The van der Waals surface area contributed by atoms with Crippen LogP contribution in [0.15, 0.2) is 47.4 Å². The second-order valence-corrected chi connectivity index (χ2v) is 19.3. The Bertz CT molecular complexity index is 1560. The number of nitrogens with zero attached hydrogens (tertiary/aromatic N) is 4. The summed E-state index contributed by atoms with van der Waals surface area (Å²) in [5.41, 5.74) is 6.83. The van der Waals surface area contributed by atoms with Crippen LogP contribution in [0.1, 0.15) is 59.9 Å². The molecule has 3 aromatic rings. The van der Waals surface area contributed by atoms with Crippen molar-refractivity contribution >= 4 is 35.1 Å². The van der Waals surface area contributed by atoms with E-state index in [-0.39, 0.29) is 11.6 Å². The smallest absolute Gasteiger partial charge is 0.258 e. The average Bonchev–Trinajstić information content (AvgIpc) is 2.88. The van der Waals surface area contributed by atoms with Crippen molar-refractivity contribution in [2.24, 2.45) is 0 Å². The molecule has 1 aromatic carbocycles. The topological polar surface area (TPSA) is 97.2 Å². The summed E-state index contributed by atoms with van der Waals surface area (Å²) in [6.45, 7) is 14.5. The molecule has 8 nitrogen and oxygen atoms in total. The molecule has 0 atom stereocenters. The zero-order valence-electron chi connectivity index (χ0n) is 24.6. The van der Waals surface area contributed by atoms with Crippen LogP contribution in [0.2, 0.25) is 16.6 Å². The number of para-hydroxylation sites is 1. The number of sulfonamides is 1. The van der Waals surface area contributed by atoms with E-state index in [2.05, 4.69) is 63.3 Å². The Hall–Kier alpha value is -3.00. The van der Waals surface area contributed by atoms with Crippen molar-refractivity contribution in [2.45, 2.75) is 77.0 Å². The number of hydrogen-bond acceptors (Lipinski definition) is 6. The maximum atomic E-state index is 13.6. The minimum atomic E-state index is -3.20. The number of hydrogen-bond donors (Lipinski definition) is 1. The number of aromatic nitrogens is 3. The van der Waals surface area contributed by atoms with Crippen LogP contribution in [0.4, 0.5) is 5.95 Å². The van der Waals surface area contributed by atoms with Crippen LogP contribution in [-0.4, -0.2) is 60.7 Å². The largest absolute Gasteiger partial charge is 0.351 e. The monoisotopic (exact) mass is 579 g/mol. The Morgan fingerprint density at radius 1 is 1.00 bits per heavy atom. The molecule has 10 heteroatoms. The third-order valence-electron chi connectivity index (χ3n) is 8.31. The highest BCUT2D eigenvalue weighted by Gasteiger charge is 2.41. The van der Waals surface area contributed by atoms with Crippen LogP contribution in [0.5, 0.6) is 0 Å². The molecule has 1 N–H and O–H groups in total. The first-order chi connectivity index (χ1) is 18.8. The van der Waals surface area contributed by atoms with Crippen LogP contribution >= 0.6 is 0 Å². The lowest BCUT2D eigenvalue weighted by atomic mass is 10.1. The van der Waals surface area contributed by atoms with Crippen molar-refractivity contribution < 1.29 is 8.42 Å². The molecule has 1 fully saturated rings. The zero-order valence-corrected chi connectivity index (χ0v) is 26.4. The molecule has 0 saturated carbocycles. The standard InChI is InChI=1S/C30H41N5O3SSi/c1-21(2)40(22(3)4,23(5)6)18-15-24-19-28(36)35(26-11-9-8-10-12-26)29-27(24)20-31-30(33-29)32-25-13-16-34(17-14-25)39(7,37)38/h8-12,19-23,25H,13-14,16-17H2,1-7H3,(H,31,32,33). The van der Waals surface area contributed by atoms with Gasteiger partial charge in [0.15, 0.2) is 5.65 Å². The molecule has 1 aliphatic rings. The van der Waals surface area contributed by atoms with Crippen molar-refractivity contribution in [3.8, 4) is 17.2 Å². The molecule has 4 rings (SSSR count). The molecule has 0 spiro atoms. The van der Waals surface area contributed by atoms with Gasteiger partial charge in [-0.15, -0.1) is 5.54 Å². The van der Waals surface area contributed by atoms with E-state index >= 15 is 0 Å². The van der Waals surface area contributed by atoms with Crippen molar-refractivity contribution in [2.75, 3.05) is 24.7 Å². The van der Waals surface area contributed by atoms with Crippen LogP contribution in [-0.2, 0) is 10.0 Å². The van der Waals surface area contributed by atoms with Crippen molar-refractivity contribution in [3.63, 3.8) is 0 Å². The van der Waals surface area contributed by atoms with E-state index in [1.807, 2.05) is 30.3 Å². The molecule has 3 heterocycles. The molecule has 40 heavy (non-hydrogen) atoms. The molecule has 0 amide bonds. The average molecular weight is 580 g/mol. The summed E-state index contributed by atoms with van der Waals surface area (Å²) >= 11 is 0. The van der Waals surface area contributed by atoms with E-state index in [0.29, 0.717) is 59.7 Å². The minimum absolute atomic E-state index is 0.0325. The van der Waals surface area contributed by atoms with Gasteiger partial charge in [-0.05, 0) is 41.6 Å². The maximum Gasteiger partial charge on any atom is 0.258 e. The Morgan fingerprint density at radius 2 is 1.60 bits per heavy atom. The quantitative estimate of drug-likeness (QED) is 0.306. The molecule has 214 valence electrons. The molecule has 0 unspecified atom stereocenters. The lowest BCUT2D eigenvalue weighted by Gasteiger charge is -2.38. The van der Waals surface area contributed by atoms with Crippen LogP contribution in [0.25, 0.3) is 16.7 Å². The number of anilines is 1. The fourth-order valence-electron chi connectivity index (χ4n) is 6.23. The second-order valence-electron chi connectivity index (χ2n) is 11.7. The Balaban J connectivity index is 1.81. The normalized spacial score (nSPS) is 15.6. The van der Waals surface area contributed by atoms with E-state index in [9.17, 15) is 13.2 Å². The summed E-state index contributed by atoms with van der Waals surface area (Å²) in [6.07, 6.45) is 4.30. The van der Waals surface area contributed by atoms with Crippen molar-refractivity contribution in [1.82, 2.24) is 18.8 Å². The number of rotatable bonds is 7. The first-order valence-corrected chi connectivity index (χ1v) is 18.2. The zero-order chi connectivity index (χ0) is 29.2. The number of piperidine rings is 1. The molecule has 0 radical (unpaired) electrons. The Labute approximate surface area is 239 Å². The van der Waals surface area contributed by atoms with Gasteiger partial charge < -0.3 is 5.32 Å². The van der Waals surface area contributed by atoms with E-state index in [1.165, 1.54) is 10.6 Å². The fraction of sp³-hybridized carbons (Fsp3) is 0.500. The summed E-state index contributed by atoms with van der Waals surface area (Å²) < 4.78 is 26.9. The third kappa shape index (κ3) is 6.02. The Morgan fingerprint density at radius 3 is 2.15 bits per heavy atom. The molecule has 1 saturated heterocycles. The van der Waals surface area contributed by atoms with Gasteiger partial charge in [0, 0.05) is 37.0 Å². The van der Waals surface area contributed by atoms with Gasteiger partial charge in [0.25, 0.3) is 5.56 Å². The maximum absolute atomic E-state index is 13.6. The Kier molecular flexibility index (Phi) is 8.88. The third-order valence-corrected chi connectivity index (χ3v) is 15.9. The number of pyridine rings is 1. The summed E-state index contributed by atoms with van der Waals surface area (Å²) in [6, 6.07) is 11.1. The lowest BCUT2D eigenvalue weighted by Crippen LogP contribution is -2.43. The van der Waals surface area contributed by atoms with Crippen LogP contribution < -0.4 is 10.9 Å². The van der Waals surface area contributed by atoms with Crippen LogP contribution in [0.3, 0.4) is 0 Å². The van der Waals surface area contributed by atoms with Gasteiger partial charge in [0.2, 0.25) is 16.0 Å². The summed E-state index contributed by atoms with van der Waals surface area (Å²) in [5, 5.41) is 4.10. The highest BCUT2D eigenvalue weighted by molar-refractivity contribution is 7.88. The van der Waals surface area contributed by atoms with Crippen molar-refractivity contribution in [3.05, 3.63) is 58.5 Å². The molecule has 0 bridgehead atoms. The SMILES string of the molecule is CC(C)[Si](C#Cc1cc(=O)n(-c2ccccc2)c2nc(NC3CCN(S(C)(=O)=O)CC3)ncc12)(C(C)C)C(C)C. The molecular weight excluding hydrogens is 539 g/mol. The first kappa shape index (κ1) is 30.0. The van der Waals surface area contributed by atoms with Gasteiger partial charge >= 0.3 is 0 Å². The van der Waals surface area contributed by atoms with Crippen LogP contribution in [0, 0.1) is 11.5 Å². The van der Waals surface area contributed by atoms with Gasteiger partial charge in [-0.1, -0.05) is 65.7 Å². The fourth-order valence-corrected chi connectivity index (χ4v) is 12.3. The predicted molar refractivity (Wildman–Crippen MR) is 166 cm³/mol. The summed E-state index contributed by atoms with van der Waals surface area (Å²) in [7, 11) is -5.23. The van der Waals surface area contributed by atoms with E-state index in [4.69, 9.17) is 4.98 Å². The minimum Gasteiger partial charge on any atom is -0.351 e. The highest BCUT2D eigenvalue weighted by Crippen LogP contribution is 2.41. The molecular formula is C30H41N5O3SSi. The van der Waals surface area contributed by atoms with Gasteiger partial charge in [0.1, 0.15) is 8.07 Å². The van der Waals surface area contributed by atoms with Gasteiger partial charge in [-0.25, -0.2) is 17.7 Å². The number of nitrogens with one attached hydrogen (secondary N) is 1. The summed E-state index contributed by atoms with van der Waals surface area (Å²) in [4.78, 5) is 23.0. The van der Waals surface area contributed by atoms with E-state index < -0.39 is 18.1 Å². The first-order valence-electron chi connectivity index (χ1n) is 14.1. The predicted octanol–water partition coefficient (Wildman–Crippen LogP) is 5.19. The van der Waals surface area contributed by atoms with E-state index in [1.54, 1.807) is 16.8 Å². The second kappa shape index (κ2) is 11.8. The van der Waals surface area contributed by atoms with Gasteiger partial charge in [-0.2, -0.15) is 4.98 Å². The molecule has 2 aromatic heterocycles. The molecule has 1 aliphatic heterocycles. The lowest BCUT2D eigenvalue weighted by molar-refractivity contribution is 0.331. The highest BCUT2D eigenvalue weighted by atomic mass is 32.2. The van der Waals surface area contributed by atoms with Crippen molar-refractivity contribution in [1.29, 1.82) is 0 Å². The number of fused-ring (bicyclic) bond motifs is 1. The number of benzene rings is 1. The van der Waals surface area contributed by atoms with Gasteiger partial charge in [0.05, 0.1) is 17.3 Å². The summed E-state index contributed by atoms with van der Waals surface area (Å²) in [5.74, 6) is 3.86. The van der Waals surface area contributed by atoms with E-state index in [0.717, 1.165) is 11.1 Å². The molecule has 0 aliphatic carbocycles.